The van der Waals surface area contributed by atoms with E-state index in [0.717, 1.165) is 20.9 Å². The van der Waals surface area contributed by atoms with Gasteiger partial charge in [0, 0.05) is 0 Å². The third-order valence-electron chi connectivity index (χ3n) is 5.29. The molecule has 3 rings (SSSR count). The van der Waals surface area contributed by atoms with Gasteiger partial charge in [-0.25, -0.2) is 24.2 Å². The van der Waals surface area contributed by atoms with Gasteiger partial charge in [-0.1, -0.05) is 59.7 Å². The maximum Gasteiger partial charge on any atom is 0.419 e. The van der Waals surface area contributed by atoms with E-state index in [2.05, 4.69) is 0 Å². The number of hydrogen-bond acceptors (Lipinski definition) is 5. The molecule has 2 atom stereocenters. The topological polar surface area (TPSA) is 76.2 Å². The molecule has 1 aliphatic rings. The molecule has 1 fully saturated rings. The Kier molecular flexibility index (Phi) is 6.78. The number of urea groups is 1. The molecule has 7 heteroatoms. The molecule has 7 nitrogen and oxygen atoms in total. The summed E-state index contributed by atoms with van der Waals surface area (Å²) in [6.45, 7) is 14.3. The van der Waals surface area contributed by atoms with E-state index in [-0.39, 0.29) is 0 Å². The lowest BCUT2D eigenvalue weighted by Crippen LogP contribution is -2.43. The van der Waals surface area contributed by atoms with Crippen LogP contribution in [0, 0.1) is 13.8 Å². The first-order valence-electron chi connectivity index (χ1n) is 11.4. The smallest absolute Gasteiger partial charge is 0.419 e. The second kappa shape index (κ2) is 9.12. The second-order valence-electron chi connectivity index (χ2n) is 10.7. The largest absolute Gasteiger partial charge is 0.443 e. The Bertz CT molecular complexity index is 977. The van der Waals surface area contributed by atoms with Crippen molar-refractivity contribution < 1.29 is 23.9 Å². The van der Waals surface area contributed by atoms with Gasteiger partial charge in [0.15, 0.2) is 0 Å². The standard InChI is InChI=1S/C27H34N2O5/c1-17-9-13-19(14-10-17)21-22(20-15-11-18(2)12-16-20)29(25(32)34-27(6,7)8)23(30)28(21)24(31)33-26(3,4)5/h9-16,21-22H,1-8H3/t21-,22+. The van der Waals surface area contributed by atoms with Gasteiger partial charge in [0.25, 0.3) is 0 Å². The number of carbonyl (C=O) groups is 3. The third kappa shape index (κ3) is 5.58. The fraction of sp³-hybridized carbons (Fsp3) is 0.444. The minimum absolute atomic E-state index is 0.710. The number of benzene rings is 2. The first-order chi connectivity index (χ1) is 15.7. The summed E-state index contributed by atoms with van der Waals surface area (Å²) < 4.78 is 11.2. The van der Waals surface area contributed by atoms with Crippen molar-refractivity contribution in [2.24, 2.45) is 0 Å². The highest BCUT2D eigenvalue weighted by Gasteiger charge is 2.55. The van der Waals surface area contributed by atoms with Crippen LogP contribution in [0.15, 0.2) is 48.5 Å². The molecule has 0 bridgehead atoms. The molecular weight excluding hydrogens is 432 g/mol. The quantitative estimate of drug-likeness (QED) is 0.493. The van der Waals surface area contributed by atoms with Crippen molar-refractivity contribution in [2.75, 3.05) is 0 Å². The van der Waals surface area contributed by atoms with Crippen molar-refractivity contribution >= 4 is 18.2 Å². The van der Waals surface area contributed by atoms with Crippen LogP contribution in [0.25, 0.3) is 0 Å². The lowest BCUT2D eigenvalue weighted by atomic mass is 9.92. The zero-order chi connectivity index (χ0) is 25.4. The monoisotopic (exact) mass is 466 g/mol. The molecule has 34 heavy (non-hydrogen) atoms. The van der Waals surface area contributed by atoms with Crippen LogP contribution in [0.4, 0.5) is 14.4 Å². The molecule has 2 aromatic carbocycles. The Balaban J connectivity index is 2.20. The zero-order valence-corrected chi connectivity index (χ0v) is 21.2. The number of rotatable bonds is 2. The van der Waals surface area contributed by atoms with Crippen LogP contribution in [0.1, 0.15) is 75.9 Å². The normalized spacial score (nSPS) is 18.8. The van der Waals surface area contributed by atoms with E-state index in [9.17, 15) is 14.4 Å². The third-order valence-corrected chi connectivity index (χ3v) is 5.29. The average molecular weight is 467 g/mol. The van der Waals surface area contributed by atoms with Crippen LogP contribution in [0.3, 0.4) is 0 Å². The summed E-state index contributed by atoms with van der Waals surface area (Å²) in [6, 6.07) is 12.7. The number of hydrogen-bond donors (Lipinski definition) is 0. The van der Waals surface area contributed by atoms with Gasteiger partial charge in [0.2, 0.25) is 0 Å². The molecule has 0 aliphatic carbocycles. The predicted octanol–water partition coefficient (Wildman–Crippen LogP) is 6.69. The van der Waals surface area contributed by atoms with E-state index in [1.165, 1.54) is 0 Å². The first kappa shape index (κ1) is 25.3. The minimum atomic E-state index is -0.826. The fourth-order valence-electron chi connectivity index (χ4n) is 3.83. The van der Waals surface area contributed by atoms with E-state index in [1.807, 2.05) is 62.4 Å². The summed E-state index contributed by atoms with van der Waals surface area (Å²) in [6.07, 6.45) is -1.63. The van der Waals surface area contributed by atoms with E-state index in [0.29, 0.717) is 11.1 Å². The fourth-order valence-corrected chi connectivity index (χ4v) is 3.83. The summed E-state index contributed by atoms with van der Waals surface area (Å²) >= 11 is 0. The highest BCUT2D eigenvalue weighted by Crippen LogP contribution is 2.46. The Labute approximate surface area is 201 Å². The highest BCUT2D eigenvalue weighted by atomic mass is 16.6. The van der Waals surface area contributed by atoms with Crippen LogP contribution in [-0.2, 0) is 9.47 Å². The van der Waals surface area contributed by atoms with Crippen molar-refractivity contribution in [3.63, 3.8) is 0 Å². The van der Waals surface area contributed by atoms with Crippen molar-refractivity contribution in [3.05, 3.63) is 70.8 Å². The van der Waals surface area contributed by atoms with E-state index in [1.54, 1.807) is 41.5 Å². The molecule has 1 saturated heterocycles. The SMILES string of the molecule is Cc1ccc([C@@H]2[C@H](c3ccc(C)cc3)N(C(=O)OC(C)(C)C)C(=O)N2C(=O)OC(C)(C)C)cc1. The molecule has 4 amide bonds. The Morgan fingerprint density at radius 1 is 0.647 bits per heavy atom. The summed E-state index contributed by atoms with van der Waals surface area (Å²) in [4.78, 5) is 42.4. The molecule has 0 spiro atoms. The molecule has 0 unspecified atom stereocenters. The molecule has 2 aromatic rings. The van der Waals surface area contributed by atoms with Crippen molar-refractivity contribution in [1.29, 1.82) is 0 Å². The predicted molar refractivity (Wildman–Crippen MR) is 129 cm³/mol. The minimum Gasteiger partial charge on any atom is -0.443 e. The maximum atomic E-state index is 13.7. The summed E-state index contributed by atoms with van der Waals surface area (Å²) in [5, 5.41) is 0. The average Bonchev–Trinajstić information content (AvgIpc) is 3.00. The lowest BCUT2D eigenvalue weighted by Gasteiger charge is -2.29. The number of carbonyl (C=O) groups excluding carboxylic acids is 3. The summed E-state index contributed by atoms with van der Waals surface area (Å²) in [5.74, 6) is 0. The summed E-state index contributed by atoms with van der Waals surface area (Å²) in [7, 11) is 0. The molecule has 0 N–H and O–H groups in total. The van der Waals surface area contributed by atoms with Gasteiger partial charge in [-0.15, -0.1) is 0 Å². The summed E-state index contributed by atoms with van der Waals surface area (Å²) in [5.41, 5.74) is 1.84. The van der Waals surface area contributed by atoms with Gasteiger partial charge in [-0.3, -0.25) is 0 Å². The molecule has 1 heterocycles. The Morgan fingerprint density at radius 2 is 0.941 bits per heavy atom. The molecule has 0 aromatic heterocycles. The second-order valence-corrected chi connectivity index (χ2v) is 10.7. The first-order valence-corrected chi connectivity index (χ1v) is 11.4. The Morgan fingerprint density at radius 3 is 1.21 bits per heavy atom. The zero-order valence-electron chi connectivity index (χ0n) is 21.2. The van der Waals surface area contributed by atoms with Crippen LogP contribution >= 0.6 is 0 Å². The molecule has 0 radical (unpaired) electrons. The van der Waals surface area contributed by atoms with Crippen LogP contribution in [0.2, 0.25) is 0 Å². The Hall–Kier alpha value is -3.35. The van der Waals surface area contributed by atoms with Crippen molar-refractivity contribution in [2.45, 2.75) is 78.7 Å². The van der Waals surface area contributed by atoms with Gasteiger partial charge in [-0.05, 0) is 66.5 Å². The van der Waals surface area contributed by atoms with Crippen LogP contribution in [-0.4, -0.2) is 39.2 Å². The van der Waals surface area contributed by atoms with Crippen molar-refractivity contribution in [1.82, 2.24) is 9.80 Å². The molecular formula is C27H34N2O5. The van der Waals surface area contributed by atoms with Crippen LogP contribution < -0.4 is 0 Å². The van der Waals surface area contributed by atoms with Gasteiger partial charge < -0.3 is 9.47 Å². The molecule has 182 valence electrons. The number of ether oxygens (including phenoxy) is 2. The molecule has 1 aliphatic heterocycles. The maximum absolute atomic E-state index is 13.7. The van der Waals surface area contributed by atoms with E-state index >= 15 is 0 Å². The number of nitrogens with zero attached hydrogens (tertiary/aromatic N) is 2. The van der Waals surface area contributed by atoms with Gasteiger partial charge in [0.1, 0.15) is 11.2 Å². The van der Waals surface area contributed by atoms with E-state index < -0.39 is 41.5 Å². The lowest BCUT2D eigenvalue weighted by molar-refractivity contribution is 0.0284. The number of imide groups is 2. The molecule has 0 saturated carbocycles. The van der Waals surface area contributed by atoms with Gasteiger partial charge in [0.05, 0.1) is 12.1 Å². The highest BCUT2D eigenvalue weighted by molar-refractivity contribution is 6.01. The van der Waals surface area contributed by atoms with E-state index in [4.69, 9.17) is 9.47 Å². The van der Waals surface area contributed by atoms with Crippen LogP contribution in [0.5, 0.6) is 0 Å². The van der Waals surface area contributed by atoms with Crippen molar-refractivity contribution in [3.8, 4) is 0 Å². The van der Waals surface area contributed by atoms with Gasteiger partial charge in [-0.2, -0.15) is 0 Å². The number of aryl methyl sites for hydroxylation is 2. The van der Waals surface area contributed by atoms with Gasteiger partial charge >= 0.3 is 18.2 Å². The number of amides is 4.